The first-order valence-corrected chi connectivity index (χ1v) is 14.0. The molecule has 0 N–H and O–H groups in total. The van der Waals surface area contributed by atoms with E-state index < -0.39 is 41.5 Å². The Morgan fingerprint density at radius 2 is 1.44 bits per heavy atom. The van der Waals surface area contributed by atoms with Gasteiger partial charge in [-0.15, -0.1) is 0 Å². The van der Waals surface area contributed by atoms with Crippen molar-refractivity contribution in [3.63, 3.8) is 0 Å². The van der Waals surface area contributed by atoms with E-state index in [9.17, 15) is 14.9 Å². The van der Waals surface area contributed by atoms with Gasteiger partial charge >= 0.3 is 11.9 Å². The SMILES string of the molecule is COC(=O)[C@]1(C#N)[C@@H]2c3ccccc3C=CN2[C@@H](C(=O)OC(c2ccccc2)c2ccccc2)[C@@H]1c1ccc(OC)cc1. The zero-order chi connectivity index (χ0) is 30.0. The molecule has 1 fully saturated rings. The van der Waals surface area contributed by atoms with Gasteiger partial charge in [0.15, 0.2) is 11.5 Å². The molecular weight excluding hydrogens is 540 g/mol. The highest BCUT2D eigenvalue weighted by molar-refractivity contribution is 5.89. The second-order valence-corrected chi connectivity index (χ2v) is 10.6. The zero-order valence-corrected chi connectivity index (χ0v) is 23.8. The maximum absolute atomic E-state index is 14.6. The van der Waals surface area contributed by atoms with Crippen LogP contribution < -0.4 is 4.74 Å². The van der Waals surface area contributed by atoms with Gasteiger partial charge in [-0.05, 0) is 46.0 Å². The average molecular weight is 571 g/mol. The van der Waals surface area contributed by atoms with Gasteiger partial charge in [-0.25, -0.2) is 4.79 Å². The molecule has 4 atom stereocenters. The van der Waals surface area contributed by atoms with Crippen LogP contribution in [0.1, 0.15) is 45.9 Å². The fourth-order valence-corrected chi connectivity index (χ4v) is 6.52. The van der Waals surface area contributed by atoms with Gasteiger partial charge in [0.25, 0.3) is 0 Å². The van der Waals surface area contributed by atoms with Crippen molar-refractivity contribution in [3.05, 3.63) is 143 Å². The minimum atomic E-state index is -1.77. The summed E-state index contributed by atoms with van der Waals surface area (Å²) in [7, 11) is 2.84. The molecule has 0 unspecified atom stereocenters. The number of carbonyl (C=O) groups excluding carboxylic acids is 2. The Morgan fingerprint density at radius 3 is 2.02 bits per heavy atom. The first kappa shape index (κ1) is 27.8. The minimum Gasteiger partial charge on any atom is -0.497 e. The second-order valence-electron chi connectivity index (χ2n) is 10.6. The van der Waals surface area contributed by atoms with E-state index in [1.165, 1.54) is 7.11 Å². The molecule has 43 heavy (non-hydrogen) atoms. The summed E-state index contributed by atoms with van der Waals surface area (Å²) in [5, 5.41) is 11.0. The molecule has 7 nitrogen and oxygen atoms in total. The molecule has 2 aliphatic heterocycles. The quantitative estimate of drug-likeness (QED) is 0.244. The van der Waals surface area contributed by atoms with Crippen LogP contribution in [0.3, 0.4) is 0 Å². The van der Waals surface area contributed by atoms with Gasteiger partial charge in [-0.1, -0.05) is 97.1 Å². The maximum atomic E-state index is 14.6. The lowest BCUT2D eigenvalue weighted by Crippen LogP contribution is -2.41. The minimum absolute atomic E-state index is 0.561. The molecule has 214 valence electrons. The van der Waals surface area contributed by atoms with Gasteiger partial charge in [0.1, 0.15) is 11.8 Å². The molecule has 1 saturated heterocycles. The Hall–Kier alpha value is -5.35. The number of fused-ring (bicyclic) bond motifs is 3. The van der Waals surface area contributed by atoms with E-state index in [4.69, 9.17) is 14.2 Å². The molecule has 0 aromatic heterocycles. The predicted octanol–water partition coefficient (Wildman–Crippen LogP) is 6.20. The van der Waals surface area contributed by atoms with Crippen LogP contribution in [0.25, 0.3) is 6.08 Å². The lowest BCUT2D eigenvalue weighted by molar-refractivity contribution is -0.153. The summed E-state index contributed by atoms with van der Waals surface area (Å²) < 4.78 is 17.1. The number of ether oxygens (including phenoxy) is 3. The molecule has 0 amide bonds. The second kappa shape index (κ2) is 11.5. The number of carbonyl (C=O) groups is 2. The van der Waals surface area contributed by atoms with Gasteiger partial charge in [-0.3, -0.25) is 4.79 Å². The lowest BCUT2D eigenvalue weighted by Gasteiger charge is -2.36. The smallest absolute Gasteiger partial charge is 0.330 e. The first-order chi connectivity index (χ1) is 21.0. The fraction of sp³-hybridized carbons (Fsp3) is 0.194. The molecule has 0 aliphatic carbocycles. The number of methoxy groups -OCH3 is 2. The van der Waals surface area contributed by atoms with E-state index in [1.807, 2.05) is 91.0 Å². The van der Waals surface area contributed by atoms with Crippen LogP contribution in [0.4, 0.5) is 0 Å². The van der Waals surface area contributed by atoms with E-state index in [-0.39, 0.29) is 0 Å². The largest absolute Gasteiger partial charge is 0.497 e. The molecule has 0 spiro atoms. The topological polar surface area (TPSA) is 88.9 Å². The Balaban J connectivity index is 1.54. The summed E-state index contributed by atoms with van der Waals surface area (Å²) >= 11 is 0. The van der Waals surface area contributed by atoms with E-state index >= 15 is 0 Å². The van der Waals surface area contributed by atoms with E-state index in [1.54, 1.807) is 42.5 Å². The summed E-state index contributed by atoms with van der Waals surface area (Å²) in [6.07, 6.45) is 2.98. The van der Waals surface area contributed by atoms with Gasteiger partial charge in [0.2, 0.25) is 0 Å². The van der Waals surface area contributed by atoms with Crippen molar-refractivity contribution in [2.45, 2.75) is 24.1 Å². The third-order valence-electron chi connectivity index (χ3n) is 8.44. The number of rotatable bonds is 7. The van der Waals surface area contributed by atoms with Crippen molar-refractivity contribution in [2.24, 2.45) is 5.41 Å². The van der Waals surface area contributed by atoms with Crippen molar-refractivity contribution in [2.75, 3.05) is 14.2 Å². The predicted molar refractivity (Wildman–Crippen MR) is 160 cm³/mol. The summed E-state index contributed by atoms with van der Waals surface area (Å²) in [6, 6.07) is 34.2. The zero-order valence-electron chi connectivity index (χ0n) is 23.8. The third kappa shape index (κ3) is 4.61. The highest BCUT2D eigenvalue weighted by Gasteiger charge is 2.68. The molecule has 0 saturated carbocycles. The highest BCUT2D eigenvalue weighted by Crippen LogP contribution is 2.60. The molecule has 4 aromatic carbocycles. The number of nitriles is 1. The molecule has 7 heteroatoms. The molecule has 0 bridgehead atoms. The van der Waals surface area contributed by atoms with Gasteiger partial charge in [-0.2, -0.15) is 5.26 Å². The number of esters is 2. The first-order valence-electron chi connectivity index (χ1n) is 14.0. The number of hydrogen-bond donors (Lipinski definition) is 0. The Kier molecular flexibility index (Phi) is 7.43. The number of hydrogen-bond acceptors (Lipinski definition) is 7. The van der Waals surface area contributed by atoms with Crippen molar-refractivity contribution in [1.29, 1.82) is 5.26 Å². The van der Waals surface area contributed by atoms with Crippen LogP contribution in [0.5, 0.6) is 5.75 Å². The van der Waals surface area contributed by atoms with Crippen LogP contribution in [-0.4, -0.2) is 37.1 Å². The molecular formula is C36H30N2O5. The molecule has 2 heterocycles. The van der Waals surface area contributed by atoms with E-state index in [0.717, 1.165) is 22.3 Å². The molecule has 4 aromatic rings. The Bertz CT molecular complexity index is 1660. The maximum Gasteiger partial charge on any atom is 0.330 e. The van der Waals surface area contributed by atoms with Crippen LogP contribution in [0.2, 0.25) is 0 Å². The summed E-state index contributed by atoms with van der Waals surface area (Å²) in [6.45, 7) is 0. The summed E-state index contributed by atoms with van der Waals surface area (Å²) in [4.78, 5) is 30.3. The number of benzene rings is 4. The van der Waals surface area contributed by atoms with Crippen LogP contribution in [-0.2, 0) is 19.1 Å². The normalized spacial score (nSPS) is 21.8. The summed E-state index contributed by atoms with van der Waals surface area (Å²) in [5.41, 5.74) is 2.07. The van der Waals surface area contributed by atoms with Crippen molar-refractivity contribution in [1.82, 2.24) is 4.90 Å². The van der Waals surface area contributed by atoms with Gasteiger partial charge < -0.3 is 19.1 Å². The summed E-state index contributed by atoms with van der Waals surface area (Å²) in [5.74, 6) is -1.60. The van der Waals surface area contributed by atoms with E-state index in [0.29, 0.717) is 11.3 Å². The number of nitrogens with zero attached hydrogens (tertiary/aromatic N) is 2. The van der Waals surface area contributed by atoms with Crippen molar-refractivity contribution >= 4 is 18.0 Å². The van der Waals surface area contributed by atoms with Crippen LogP contribution in [0, 0.1) is 16.7 Å². The average Bonchev–Trinajstić information content (AvgIpc) is 3.39. The standard InChI is InChI=1S/C36H30N2O5/c1-41-28-19-17-25(18-20-28)30-31(34(39)43-32(26-12-5-3-6-13-26)27-14-7-4-8-15-27)38-22-21-24-11-9-10-16-29(24)33(38)36(30,23-37)35(40)42-2/h3-22,30-33H,1-2H3/t30-,31+,33-,36-/m0/s1. The lowest BCUT2D eigenvalue weighted by atomic mass is 9.67. The fourth-order valence-electron chi connectivity index (χ4n) is 6.52. The van der Waals surface area contributed by atoms with Crippen LogP contribution in [0.15, 0.2) is 115 Å². The molecule has 2 aliphatic rings. The Labute approximate surface area is 250 Å². The van der Waals surface area contributed by atoms with Crippen LogP contribution >= 0.6 is 0 Å². The van der Waals surface area contributed by atoms with Crippen molar-refractivity contribution < 1.29 is 23.8 Å². The van der Waals surface area contributed by atoms with Gasteiger partial charge in [0.05, 0.1) is 26.3 Å². The highest BCUT2D eigenvalue weighted by atomic mass is 16.5. The third-order valence-corrected chi connectivity index (χ3v) is 8.44. The monoisotopic (exact) mass is 570 g/mol. The molecule has 6 rings (SSSR count). The van der Waals surface area contributed by atoms with E-state index in [2.05, 4.69) is 6.07 Å². The van der Waals surface area contributed by atoms with Gasteiger partial charge in [0, 0.05) is 12.1 Å². The molecule has 0 radical (unpaired) electrons. The Morgan fingerprint density at radius 1 is 0.837 bits per heavy atom. The van der Waals surface area contributed by atoms with Crippen molar-refractivity contribution in [3.8, 4) is 11.8 Å².